The summed E-state index contributed by atoms with van der Waals surface area (Å²) < 4.78 is 65.0. The number of hydrogen-bond donors (Lipinski definition) is 3. The lowest BCUT2D eigenvalue weighted by Crippen LogP contribution is -2.23. The highest BCUT2D eigenvalue weighted by Gasteiger charge is 2.34. The van der Waals surface area contributed by atoms with Crippen molar-refractivity contribution in [1.82, 2.24) is 24.5 Å². The summed E-state index contributed by atoms with van der Waals surface area (Å²) in [6, 6.07) is 12.6. The molecule has 0 aliphatic rings. The Morgan fingerprint density at radius 2 is 1.86 bits per heavy atom. The molecule has 9 nitrogen and oxygen atoms in total. The molecule has 4 rings (SSSR count). The van der Waals surface area contributed by atoms with Crippen LogP contribution >= 0.6 is 0 Å². The van der Waals surface area contributed by atoms with Crippen molar-refractivity contribution in [2.45, 2.75) is 19.1 Å². The zero-order chi connectivity index (χ0) is 26.7. The van der Waals surface area contributed by atoms with Crippen LogP contribution in [0.5, 0.6) is 0 Å². The second-order valence-corrected chi connectivity index (χ2v) is 8.77. The monoisotopic (exact) mass is 530 g/mol. The lowest BCUT2D eigenvalue weighted by molar-refractivity contribution is -0.137. The van der Waals surface area contributed by atoms with Crippen LogP contribution in [0, 0.1) is 0 Å². The van der Waals surface area contributed by atoms with E-state index in [9.17, 15) is 22.2 Å². The number of nitrogens with zero attached hydrogens (tertiary/aromatic N) is 4. The van der Waals surface area contributed by atoms with Crippen molar-refractivity contribution >= 4 is 22.9 Å². The fraction of sp³-hybridized carbons (Fsp3) is 0.167. The van der Waals surface area contributed by atoms with Gasteiger partial charge in [-0.25, -0.2) is 18.9 Å². The van der Waals surface area contributed by atoms with Crippen molar-refractivity contribution in [2.75, 3.05) is 5.32 Å². The van der Waals surface area contributed by atoms with Crippen molar-refractivity contribution in [3.63, 3.8) is 0 Å². The van der Waals surface area contributed by atoms with E-state index < -0.39 is 35.0 Å². The van der Waals surface area contributed by atoms with Crippen LogP contribution < -0.4 is 10.0 Å². The second kappa shape index (κ2) is 10.6. The highest BCUT2D eigenvalue weighted by molar-refractivity contribution is 7.77. The molecular weight excluding hydrogens is 509 g/mol. The number of rotatable bonds is 7. The number of aryl methyl sites for hydroxylation is 1. The molecule has 0 spiro atoms. The summed E-state index contributed by atoms with van der Waals surface area (Å²) in [6.45, 7) is 1.60. The maximum absolute atomic E-state index is 13.7. The number of nitrogens with one attached hydrogen (secondary N) is 2. The van der Waals surface area contributed by atoms with Gasteiger partial charge in [0.15, 0.2) is 0 Å². The molecule has 0 aliphatic carbocycles. The molecule has 13 heteroatoms. The van der Waals surface area contributed by atoms with Gasteiger partial charge in [-0.05, 0) is 31.2 Å². The molecule has 2 unspecified atom stereocenters. The summed E-state index contributed by atoms with van der Waals surface area (Å²) in [5.74, 6) is -0.478. The quantitative estimate of drug-likeness (QED) is 0.300. The van der Waals surface area contributed by atoms with E-state index >= 15 is 0 Å². The van der Waals surface area contributed by atoms with E-state index in [0.29, 0.717) is 11.3 Å². The summed E-state index contributed by atoms with van der Waals surface area (Å²) in [6.07, 6.45) is -1.80. The Kier molecular flexibility index (Phi) is 7.47. The van der Waals surface area contributed by atoms with Gasteiger partial charge in [-0.3, -0.25) is 14.0 Å². The maximum atomic E-state index is 13.7. The lowest BCUT2D eigenvalue weighted by Gasteiger charge is -2.16. The van der Waals surface area contributed by atoms with Crippen LogP contribution in [0.3, 0.4) is 0 Å². The summed E-state index contributed by atoms with van der Waals surface area (Å²) in [5, 5.41) is 6.73. The normalized spacial score (nSPS) is 13.2. The van der Waals surface area contributed by atoms with Crippen LogP contribution in [0.25, 0.3) is 22.5 Å². The van der Waals surface area contributed by atoms with Gasteiger partial charge >= 0.3 is 6.18 Å². The Balaban J connectivity index is 1.72. The first-order valence-electron chi connectivity index (χ1n) is 10.8. The van der Waals surface area contributed by atoms with E-state index in [2.05, 4.69) is 25.1 Å². The van der Waals surface area contributed by atoms with E-state index in [4.69, 9.17) is 4.55 Å². The van der Waals surface area contributed by atoms with E-state index in [1.54, 1.807) is 44.3 Å². The average molecular weight is 531 g/mol. The third-order valence-electron chi connectivity index (χ3n) is 5.34. The number of amides is 1. The topological polar surface area (TPSA) is 122 Å². The third kappa shape index (κ3) is 6.07. The maximum Gasteiger partial charge on any atom is 0.417 e. The zero-order valence-electron chi connectivity index (χ0n) is 19.5. The first-order chi connectivity index (χ1) is 17.5. The van der Waals surface area contributed by atoms with Crippen LogP contribution in [0.2, 0.25) is 0 Å². The number of benzene rings is 2. The third-order valence-corrected chi connectivity index (χ3v) is 5.90. The minimum Gasteiger partial charge on any atom is -0.319 e. The van der Waals surface area contributed by atoms with Crippen LogP contribution in [0.4, 0.5) is 18.9 Å². The molecule has 4 aromatic rings. The molecular formula is C24H21F3N6O3S. The van der Waals surface area contributed by atoms with Gasteiger partial charge in [0.1, 0.15) is 5.82 Å². The molecule has 192 valence electrons. The van der Waals surface area contributed by atoms with Crippen molar-refractivity contribution in [1.29, 1.82) is 0 Å². The summed E-state index contributed by atoms with van der Waals surface area (Å²) in [7, 11) is 1.58. The van der Waals surface area contributed by atoms with Crippen LogP contribution in [-0.4, -0.2) is 34.4 Å². The van der Waals surface area contributed by atoms with Gasteiger partial charge in [0.2, 0.25) is 11.3 Å². The van der Waals surface area contributed by atoms with Crippen molar-refractivity contribution in [3.8, 4) is 22.5 Å². The molecule has 2 aromatic carbocycles. The molecule has 1 amide bonds. The summed E-state index contributed by atoms with van der Waals surface area (Å²) in [4.78, 5) is 21.8. The smallest absolute Gasteiger partial charge is 0.319 e. The molecule has 0 aliphatic heterocycles. The van der Waals surface area contributed by atoms with E-state index in [0.717, 1.165) is 18.2 Å². The SMILES string of the molecule is CC(NS(=O)O)c1ncc(NC(=O)c2ccc(C(F)(F)F)c(-c3ccn(C)n3)c2)c(-c2ccccc2)n1. The standard InChI is InChI=1S/C24H21F3N6O3S/c1-14(32-37(35)36)22-28-13-20(21(30-22)15-6-4-3-5-7-15)29-23(34)16-8-9-18(24(25,26)27)17(12-16)19-10-11-33(2)31-19/h3-14,32H,1-2H3,(H,29,34)(H,35,36). The predicted molar refractivity (Wildman–Crippen MR) is 131 cm³/mol. The molecule has 2 aromatic heterocycles. The number of halogens is 3. The van der Waals surface area contributed by atoms with Gasteiger partial charge in [0.25, 0.3) is 5.91 Å². The molecule has 0 radical (unpaired) electrons. The number of aromatic nitrogens is 4. The van der Waals surface area contributed by atoms with Crippen LogP contribution in [0.15, 0.2) is 67.0 Å². The lowest BCUT2D eigenvalue weighted by atomic mass is 10.0. The molecule has 37 heavy (non-hydrogen) atoms. The molecule has 0 bridgehead atoms. The molecule has 2 heterocycles. The van der Waals surface area contributed by atoms with Crippen LogP contribution in [0.1, 0.15) is 34.7 Å². The fourth-order valence-corrected chi connectivity index (χ4v) is 4.02. The van der Waals surface area contributed by atoms with Gasteiger partial charge < -0.3 is 5.32 Å². The van der Waals surface area contributed by atoms with Gasteiger partial charge in [0.05, 0.1) is 34.9 Å². The second-order valence-electron chi connectivity index (χ2n) is 8.03. The highest BCUT2D eigenvalue weighted by Crippen LogP contribution is 2.37. The summed E-state index contributed by atoms with van der Waals surface area (Å²) >= 11 is -2.30. The molecule has 3 N–H and O–H groups in total. The van der Waals surface area contributed by atoms with Gasteiger partial charge in [-0.2, -0.15) is 18.3 Å². The number of carbonyl (C=O) groups excluding carboxylic acids is 1. The minimum atomic E-state index is -4.64. The van der Waals surface area contributed by atoms with Crippen molar-refractivity contribution in [2.24, 2.45) is 7.05 Å². The molecule has 2 atom stereocenters. The Hall–Kier alpha value is -3.94. The van der Waals surface area contributed by atoms with Gasteiger partial charge in [-0.1, -0.05) is 30.3 Å². The minimum absolute atomic E-state index is 0.0255. The number of alkyl halides is 3. The zero-order valence-corrected chi connectivity index (χ0v) is 20.3. The molecule has 0 fully saturated rings. The average Bonchev–Trinajstić information content (AvgIpc) is 3.29. The summed E-state index contributed by atoms with van der Waals surface area (Å²) in [5.41, 5.74) is 0.0631. The van der Waals surface area contributed by atoms with E-state index in [1.165, 1.54) is 23.1 Å². The van der Waals surface area contributed by atoms with Gasteiger partial charge in [0, 0.05) is 29.9 Å². The number of hydrogen-bond acceptors (Lipinski definition) is 5. The van der Waals surface area contributed by atoms with E-state index in [1.807, 2.05) is 0 Å². The number of anilines is 1. The fourth-order valence-electron chi connectivity index (χ4n) is 3.61. The van der Waals surface area contributed by atoms with Crippen molar-refractivity contribution in [3.05, 3.63) is 83.9 Å². The largest absolute Gasteiger partial charge is 0.417 e. The Morgan fingerprint density at radius 1 is 1.14 bits per heavy atom. The Bertz CT molecular complexity index is 1460. The van der Waals surface area contributed by atoms with Gasteiger partial charge in [-0.15, -0.1) is 0 Å². The Labute approximate surface area is 212 Å². The molecule has 0 saturated carbocycles. The predicted octanol–water partition coefficient (Wildman–Crippen LogP) is 4.60. The highest BCUT2D eigenvalue weighted by atomic mass is 32.2. The van der Waals surface area contributed by atoms with Crippen LogP contribution in [-0.2, 0) is 24.5 Å². The first-order valence-corrected chi connectivity index (χ1v) is 12.0. The Morgan fingerprint density at radius 3 is 2.49 bits per heavy atom. The van der Waals surface area contributed by atoms with Crippen molar-refractivity contribution < 1.29 is 26.7 Å². The first kappa shape index (κ1) is 26.1. The number of carbonyl (C=O) groups is 1. The molecule has 0 saturated heterocycles. The van der Waals surface area contributed by atoms with E-state index in [-0.39, 0.29) is 28.3 Å².